The molecule has 0 amide bonds. The van der Waals surface area contributed by atoms with Crippen LogP contribution in [-0.2, 0) is 0 Å². The molecule has 0 bridgehead atoms. The van der Waals surface area contributed by atoms with E-state index in [1.807, 2.05) is 54.6 Å². The van der Waals surface area contributed by atoms with Crippen molar-refractivity contribution in [2.75, 3.05) is 0 Å². The molecular weight excluding hydrogens is 346 g/mol. The van der Waals surface area contributed by atoms with Crippen molar-refractivity contribution in [2.45, 2.75) is 0 Å². The molecule has 0 radical (unpaired) electrons. The van der Waals surface area contributed by atoms with Crippen molar-refractivity contribution in [3.8, 4) is 22.8 Å². The zero-order valence-electron chi connectivity index (χ0n) is 14.9. The van der Waals surface area contributed by atoms with Crippen LogP contribution in [0.1, 0.15) is 0 Å². The highest BCUT2D eigenvalue weighted by molar-refractivity contribution is 6.21. The van der Waals surface area contributed by atoms with Crippen LogP contribution in [-0.4, -0.2) is 15.2 Å². The number of hydrogen-bond donors (Lipinski definition) is 1. The molecule has 0 fully saturated rings. The Hall–Kier alpha value is -3.92. The topological polar surface area (TPSA) is 54.7 Å². The Balaban J connectivity index is 1.65. The lowest BCUT2D eigenvalue weighted by Gasteiger charge is -2.05. The Kier molecular flexibility index (Phi) is 3.14. The van der Waals surface area contributed by atoms with Crippen LogP contribution in [0, 0.1) is 0 Å². The molecule has 0 saturated heterocycles. The van der Waals surface area contributed by atoms with E-state index in [-0.39, 0.29) is 0 Å². The van der Waals surface area contributed by atoms with Gasteiger partial charge in [0.05, 0.1) is 0 Å². The minimum Gasteiger partial charge on any atom is -0.456 e. The number of aromatic amines is 1. The fourth-order valence-corrected chi connectivity index (χ4v) is 3.88. The minimum atomic E-state index is 0.664. The van der Waals surface area contributed by atoms with E-state index in [0.29, 0.717) is 5.82 Å². The highest BCUT2D eigenvalue weighted by Gasteiger charge is 2.17. The molecule has 2 heterocycles. The van der Waals surface area contributed by atoms with Gasteiger partial charge in [-0.15, -0.1) is 0 Å². The van der Waals surface area contributed by atoms with Gasteiger partial charge < -0.3 is 4.42 Å². The Bertz CT molecular complexity index is 1460. The SMILES string of the molecule is c1ccc(-c2nc(-c3cc4oc5ccccc5c4c4ccccc34)n[nH]2)cc1. The quantitative estimate of drug-likeness (QED) is 0.400. The maximum Gasteiger partial charge on any atom is 0.182 e. The Morgan fingerprint density at radius 3 is 2.25 bits per heavy atom. The predicted octanol–water partition coefficient (Wildman–Crippen LogP) is 6.19. The van der Waals surface area contributed by atoms with E-state index in [2.05, 4.69) is 40.5 Å². The van der Waals surface area contributed by atoms with Crippen molar-refractivity contribution in [1.82, 2.24) is 15.2 Å². The van der Waals surface area contributed by atoms with E-state index in [0.717, 1.165) is 49.7 Å². The third-order valence-corrected chi connectivity index (χ3v) is 5.16. The largest absolute Gasteiger partial charge is 0.456 e. The van der Waals surface area contributed by atoms with Crippen LogP contribution in [0.25, 0.3) is 55.5 Å². The smallest absolute Gasteiger partial charge is 0.182 e. The van der Waals surface area contributed by atoms with Gasteiger partial charge in [-0.1, -0.05) is 72.8 Å². The number of furan rings is 1. The van der Waals surface area contributed by atoms with E-state index < -0.39 is 0 Å². The van der Waals surface area contributed by atoms with E-state index >= 15 is 0 Å². The number of H-pyrrole nitrogens is 1. The molecule has 2 aromatic heterocycles. The predicted molar refractivity (Wildman–Crippen MR) is 112 cm³/mol. The Morgan fingerprint density at radius 1 is 0.679 bits per heavy atom. The molecule has 0 saturated carbocycles. The van der Waals surface area contributed by atoms with Crippen LogP contribution in [0.15, 0.2) is 89.3 Å². The molecule has 132 valence electrons. The normalized spacial score (nSPS) is 11.6. The number of para-hydroxylation sites is 1. The van der Waals surface area contributed by atoms with Gasteiger partial charge in [-0.3, -0.25) is 5.10 Å². The first-order chi connectivity index (χ1) is 13.9. The van der Waals surface area contributed by atoms with E-state index in [1.165, 1.54) is 0 Å². The summed E-state index contributed by atoms with van der Waals surface area (Å²) in [4.78, 5) is 4.75. The number of nitrogens with one attached hydrogen (secondary N) is 1. The number of benzene rings is 4. The standard InChI is InChI=1S/C24H15N3O/c1-2-8-15(9-3-1)23-25-24(27-26-23)19-14-21-22(17-11-5-4-10-16(17)19)18-12-6-7-13-20(18)28-21/h1-14H,(H,25,26,27). The van der Waals surface area contributed by atoms with Crippen molar-refractivity contribution in [2.24, 2.45) is 0 Å². The van der Waals surface area contributed by atoms with Crippen LogP contribution >= 0.6 is 0 Å². The average Bonchev–Trinajstić information content (AvgIpc) is 3.39. The molecule has 0 aliphatic carbocycles. The van der Waals surface area contributed by atoms with E-state index in [9.17, 15) is 0 Å². The lowest BCUT2D eigenvalue weighted by molar-refractivity contribution is 0.669. The van der Waals surface area contributed by atoms with E-state index in [1.54, 1.807) is 0 Å². The fourth-order valence-electron chi connectivity index (χ4n) is 3.88. The summed E-state index contributed by atoms with van der Waals surface area (Å²) in [6.07, 6.45) is 0. The molecule has 0 spiro atoms. The van der Waals surface area contributed by atoms with Crippen LogP contribution in [0.4, 0.5) is 0 Å². The third-order valence-electron chi connectivity index (χ3n) is 5.16. The first kappa shape index (κ1) is 15.2. The second-order valence-corrected chi connectivity index (χ2v) is 6.81. The highest BCUT2D eigenvalue weighted by atomic mass is 16.3. The lowest BCUT2D eigenvalue weighted by atomic mass is 9.99. The molecule has 0 unspecified atom stereocenters. The molecule has 4 nitrogen and oxygen atoms in total. The van der Waals surface area contributed by atoms with Crippen molar-refractivity contribution < 1.29 is 4.42 Å². The lowest BCUT2D eigenvalue weighted by Crippen LogP contribution is -1.85. The highest BCUT2D eigenvalue weighted by Crippen LogP contribution is 2.39. The van der Waals surface area contributed by atoms with Crippen molar-refractivity contribution in [3.63, 3.8) is 0 Å². The van der Waals surface area contributed by atoms with Gasteiger partial charge in [-0.05, 0) is 22.9 Å². The average molecular weight is 361 g/mol. The molecule has 0 aliphatic rings. The molecule has 1 N–H and O–H groups in total. The molecule has 6 rings (SSSR count). The maximum absolute atomic E-state index is 6.15. The fraction of sp³-hybridized carbons (Fsp3) is 0. The summed E-state index contributed by atoms with van der Waals surface area (Å²) < 4.78 is 6.15. The zero-order valence-corrected chi connectivity index (χ0v) is 14.9. The Morgan fingerprint density at radius 2 is 1.39 bits per heavy atom. The second-order valence-electron chi connectivity index (χ2n) is 6.81. The molecule has 28 heavy (non-hydrogen) atoms. The van der Waals surface area contributed by atoms with Gasteiger partial charge in [0, 0.05) is 21.9 Å². The number of hydrogen-bond acceptors (Lipinski definition) is 3. The van der Waals surface area contributed by atoms with Gasteiger partial charge in [-0.2, -0.15) is 5.10 Å². The van der Waals surface area contributed by atoms with Crippen LogP contribution < -0.4 is 0 Å². The molecule has 4 aromatic carbocycles. The van der Waals surface area contributed by atoms with E-state index in [4.69, 9.17) is 9.40 Å². The van der Waals surface area contributed by atoms with Gasteiger partial charge in [0.2, 0.25) is 0 Å². The van der Waals surface area contributed by atoms with Crippen molar-refractivity contribution in [3.05, 3.63) is 84.9 Å². The first-order valence-corrected chi connectivity index (χ1v) is 9.20. The zero-order chi connectivity index (χ0) is 18.5. The summed E-state index contributed by atoms with van der Waals surface area (Å²) in [5.74, 6) is 1.42. The van der Waals surface area contributed by atoms with Crippen LogP contribution in [0.5, 0.6) is 0 Å². The van der Waals surface area contributed by atoms with Crippen LogP contribution in [0.2, 0.25) is 0 Å². The van der Waals surface area contributed by atoms with Crippen molar-refractivity contribution >= 4 is 32.7 Å². The second kappa shape index (κ2) is 5.79. The molecule has 0 atom stereocenters. The third kappa shape index (κ3) is 2.18. The van der Waals surface area contributed by atoms with Crippen molar-refractivity contribution in [1.29, 1.82) is 0 Å². The summed E-state index contributed by atoms with van der Waals surface area (Å²) in [6, 6.07) is 28.6. The summed E-state index contributed by atoms with van der Waals surface area (Å²) in [7, 11) is 0. The molecular formula is C24H15N3O. The summed E-state index contributed by atoms with van der Waals surface area (Å²) in [5, 5.41) is 12.1. The monoisotopic (exact) mass is 361 g/mol. The summed E-state index contributed by atoms with van der Waals surface area (Å²) in [5.41, 5.74) is 3.71. The van der Waals surface area contributed by atoms with Gasteiger partial charge >= 0.3 is 0 Å². The maximum atomic E-state index is 6.15. The molecule has 4 heteroatoms. The van der Waals surface area contributed by atoms with Gasteiger partial charge in [0.25, 0.3) is 0 Å². The van der Waals surface area contributed by atoms with Gasteiger partial charge in [0.15, 0.2) is 11.6 Å². The summed E-state index contributed by atoms with van der Waals surface area (Å²) >= 11 is 0. The molecule has 6 aromatic rings. The van der Waals surface area contributed by atoms with Crippen LogP contribution in [0.3, 0.4) is 0 Å². The first-order valence-electron chi connectivity index (χ1n) is 9.20. The number of aromatic nitrogens is 3. The van der Waals surface area contributed by atoms with Gasteiger partial charge in [0.1, 0.15) is 11.2 Å². The number of rotatable bonds is 2. The molecule has 0 aliphatic heterocycles. The Labute approximate surface area is 160 Å². The summed E-state index contributed by atoms with van der Waals surface area (Å²) in [6.45, 7) is 0. The number of fused-ring (bicyclic) bond motifs is 5. The minimum absolute atomic E-state index is 0.664. The number of nitrogens with zero attached hydrogens (tertiary/aromatic N) is 2. The van der Waals surface area contributed by atoms with Gasteiger partial charge in [-0.25, -0.2) is 4.98 Å².